The maximum Gasteiger partial charge on any atom is 0.251 e. The van der Waals surface area contributed by atoms with Crippen LogP contribution in [-0.4, -0.2) is 27.7 Å². The zero-order chi connectivity index (χ0) is 15.5. The van der Waals surface area contributed by atoms with Gasteiger partial charge < -0.3 is 4.90 Å². The minimum Gasteiger partial charge on any atom is -0.330 e. The van der Waals surface area contributed by atoms with E-state index in [0.29, 0.717) is 0 Å². The maximum absolute atomic E-state index is 13.0. The molecule has 3 nitrogen and oxygen atoms in total. The van der Waals surface area contributed by atoms with Crippen LogP contribution >= 0.6 is 11.6 Å². The smallest absolute Gasteiger partial charge is 0.251 e. The number of amides is 1. The molecule has 1 aromatic rings. The highest BCUT2D eigenvalue weighted by molar-refractivity contribution is 6.25. The number of likely N-dealkylation sites (tertiary alicyclic amines) is 1. The Kier molecular flexibility index (Phi) is 4.63. The number of nitrogens with zero attached hydrogens (tertiary/aromatic N) is 2. The van der Waals surface area contributed by atoms with Gasteiger partial charge in [0.15, 0.2) is 0 Å². The normalized spacial score (nSPS) is 25.5. The molecular weight excluding hydrogens is 296 g/mol. The van der Waals surface area contributed by atoms with Crippen LogP contribution in [0.25, 0.3) is 0 Å². The first kappa shape index (κ1) is 15.3. The second-order valence-corrected chi connectivity index (χ2v) is 6.58. The predicted octanol–water partition coefficient (Wildman–Crippen LogP) is 4.02. The Bertz CT molecular complexity index is 609. The summed E-state index contributed by atoms with van der Waals surface area (Å²) in [6.07, 6.45) is 9.49. The molecule has 1 aromatic heterocycles. The zero-order valence-electron chi connectivity index (χ0n) is 12.8. The molecule has 1 amide bonds. The largest absolute Gasteiger partial charge is 0.330 e. The van der Waals surface area contributed by atoms with Crippen LogP contribution in [0.5, 0.6) is 0 Å². The van der Waals surface area contributed by atoms with Crippen molar-refractivity contribution in [2.24, 2.45) is 0 Å². The van der Waals surface area contributed by atoms with Crippen LogP contribution in [0.3, 0.4) is 0 Å². The van der Waals surface area contributed by atoms with E-state index >= 15 is 0 Å². The molecule has 3 rings (SSSR count). The minimum atomic E-state index is -0.203. The van der Waals surface area contributed by atoms with E-state index in [1.54, 1.807) is 6.20 Å². The van der Waals surface area contributed by atoms with Crippen molar-refractivity contribution < 1.29 is 4.79 Å². The summed E-state index contributed by atoms with van der Waals surface area (Å²) < 4.78 is 0. The van der Waals surface area contributed by atoms with Crippen molar-refractivity contribution in [2.45, 2.75) is 44.0 Å². The van der Waals surface area contributed by atoms with E-state index in [-0.39, 0.29) is 17.3 Å². The van der Waals surface area contributed by atoms with Crippen LogP contribution in [0, 0.1) is 0 Å². The van der Waals surface area contributed by atoms with Crippen LogP contribution in [0.1, 0.15) is 44.3 Å². The van der Waals surface area contributed by atoms with E-state index in [2.05, 4.69) is 11.9 Å². The predicted molar refractivity (Wildman–Crippen MR) is 88.6 cm³/mol. The van der Waals surface area contributed by atoms with Crippen molar-refractivity contribution in [3.8, 4) is 0 Å². The fraction of sp³-hybridized carbons (Fsp3) is 0.444. The molecule has 0 N–H and O–H groups in total. The molecule has 1 aliphatic heterocycles. The van der Waals surface area contributed by atoms with Crippen molar-refractivity contribution in [1.29, 1.82) is 0 Å². The molecule has 1 fully saturated rings. The third kappa shape index (κ3) is 3.09. The lowest BCUT2D eigenvalue weighted by Gasteiger charge is -2.26. The standard InChI is InChI=1S/C18H21ClN2O/c1-13-7-9-14(15(19)10-8-13)18(22)21-12-4-6-17(21)16-5-2-3-11-20-16/h2-3,5,7,9,11,15,17H,4,6,8,10,12H2,1H3. The number of aromatic nitrogens is 1. The van der Waals surface area contributed by atoms with Gasteiger partial charge in [0.05, 0.1) is 17.1 Å². The Morgan fingerprint density at radius 2 is 2.18 bits per heavy atom. The number of hydrogen-bond donors (Lipinski definition) is 0. The molecule has 4 heteroatoms. The number of rotatable bonds is 2. The van der Waals surface area contributed by atoms with Crippen molar-refractivity contribution in [1.82, 2.24) is 9.88 Å². The van der Waals surface area contributed by atoms with Crippen LogP contribution in [0.15, 0.2) is 47.7 Å². The third-order valence-electron chi connectivity index (χ3n) is 4.47. The van der Waals surface area contributed by atoms with Gasteiger partial charge >= 0.3 is 0 Å². The lowest BCUT2D eigenvalue weighted by molar-refractivity contribution is -0.128. The first-order valence-electron chi connectivity index (χ1n) is 7.90. The number of hydrogen-bond acceptors (Lipinski definition) is 2. The van der Waals surface area contributed by atoms with Gasteiger partial charge in [-0.1, -0.05) is 23.8 Å². The molecule has 22 heavy (non-hydrogen) atoms. The number of carbonyl (C=O) groups excluding carboxylic acids is 1. The molecule has 2 heterocycles. The fourth-order valence-electron chi connectivity index (χ4n) is 3.19. The van der Waals surface area contributed by atoms with Gasteiger partial charge in [-0.05, 0) is 44.7 Å². The van der Waals surface area contributed by atoms with E-state index in [4.69, 9.17) is 11.6 Å². The number of halogens is 1. The van der Waals surface area contributed by atoms with E-state index in [1.807, 2.05) is 35.3 Å². The highest BCUT2D eigenvalue weighted by Gasteiger charge is 2.34. The van der Waals surface area contributed by atoms with Crippen molar-refractivity contribution in [3.63, 3.8) is 0 Å². The number of allylic oxidation sites excluding steroid dienone is 3. The van der Waals surface area contributed by atoms with Crippen LogP contribution in [0.2, 0.25) is 0 Å². The van der Waals surface area contributed by atoms with Gasteiger partial charge in [0.2, 0.25) is 0 Å². The fourth-order valence-corrected chi connectivity index (χ4v) is 3.47. The van der Waals surface area contributed by atoms with Gasteiger partial charge in [-0.25, -0.2) is 0 Å². The van der Waals surface area contributed by atoms with Gasteiger partial charge in [0, 0.05) is 18.3 Å². The molecule has 1 saturated heterocycles. The van der Waals surface area contributed by atoms with Gasteiger partial charge in [-0.15, -0.1) is 11.6 Å². The van der Waals surface area contributed by atoms with Gasteiger partial charge in [-0.3, -0.25) is 9.78 Å². The molecule has 0 aromatic carbocycles. The second-order valence-electron chi connectivity index (χ2n) is 6.05. The second kappa shape index (κ2) is 6.66. The molecule has 116 valence electrons. The highest BCUT2D eigenvalue weighted by Crippen LogP contribution is 2.34. The van der Waals surface area contributed by atoms with Crippen LogP contribution in [0.4, 0.5) is 0 Å². The van der Waals surface area contributed by atoms with E-state index < -0.39 is 0 Å². The molecule has 0 spiro atoms. The van der Waals surface area contributed by atoms with Gasteiger partial charge in [0.1, 0.15) is 0 Å². The molecular formula is C18H21ClN2O. The van der Waals surface area contributed by atoms with E-state index in [1.165, 1.54) is 5.57 Å². The Hall–Kier alpha value is -1.61. The lowest BCUT2D eigenvalue weighted by Crippen LogP contribution is -2.34. The summed E-state index contributed by atoms with van der Waals surface area (Å²) in [5, 5.41) is -0.203. The Morgan fingerprint density at radius 1 is 1.32 bits per heavy atom. The Morgan fingerprint density at radius 3 is 2.95 bits per heavy atom. The summed E-state index contributed by atoms with van der Waals surface area (Å²) in [7, 11) is 0. The molecule has 0 saturated carbocycles. The van der Waals surface area contributed by atoms with Crippen LogP contribution < -0.4 is 0 Å². The summed E-state index contributed by atoms with van der Waals surface area (Å²) in [5.41, 5.74) is 2.97. The van der Waals surface area contributed by atoms with Crippen LogP contribution in [-0.2, 0) is 4.79 Å². The highest BCUT2D eigenvalue weighted by atomic mass is 35.5. The van der Waals surface area contributed by atoms with Crippen molar-refractivity contribution in [3.05, 3.63) is 53.4 Å². The zero-order valence-corrected chi connectivity index (χ0v) is 13.6. The van der Waals surface area contributed by atoms with E-state index in [0.717, 1.165) is 43.5 Å². The van der Waals surface area contributed by atoms with Gasteiger partial charge in [-0.2, -0.15) is 0 Å². The van der Waals surface area contributed by atoms with Gasteiger partial charge in [0.25, 0.3) is 5.91 Å². The summed E-state index contributed by atoms with van der Waals surface area (Å²) in [5.74, 6) is 0.0686. The summed E-state index contributed by atoms with van der Waals surface area (Å²) in [6, 6.07) is 5.96. The lowest BCUT2D eigenvalue weighted by atomic mass is 10.1. The number of carbonyl (C=O) groups is 1. The van der Waals surface area contributed by atoms with E-state index in [9.17, 15) is 4.79 Å². The Balaban J connectivity index is 1.84. The first-order valence-corrected chi connectivity index (χ1v) is 8.34. The average molecular weight is 317 g/mol. The molecule has 0 radical (unpaired) electrons. The summed E-state index contributed by atoms with van der Waals surface area (Å²) in [6.45, 7) is 2.86. The molecule has 2 unspecified atom stereocenters. The van der Waals surface area contributed by atoms with Crippen molar-refractivity contribution in [2.75, 3.05) is 6.54 Å². The number of pyridine rings is 1. The average Bonchev–Trinajstić information content (AvgIpc) is 2.96. The first-order chi connectivity index (χ1) is 10.7. The summed E-state index contributed by atoms with van der Waals surface area (Å²) >= 11 is 6.45. The third-order valence-corrected chi connectivity index (χ3v) is 4.92. The number of alkyl halides is 1. The SMILES string of the molecule is CC1=CC=C(C(=O)N2CCCC2c2ccccn2)C(Cl)CC1. The molecule has 1 aliphatic carbocycles. The maximum atomic E-state index is 13.0. The molecule has 2 atom stereocenters. The van der Waals surface area contributed by atoms with Crippen molar-refractivity contribution >= 4 is 17.5 Å². The topological polar surface area (TPSA) is 33.2 Å². The molecule has 0 bridgehead atoms. The Labute approximate surface area is 136 Å². The molecule has 2 aliphatic rings. The minimum absolute atomic E-state index is 0.0686. The quantitative estimate of drug-likeness (QED) is 0.772. The monoisotopic (exact) mass is 316 g/mol. The summed E-state index contributed by atoms with van der Waals surface area (Å²) in [4.78, 5) is 19.3.